The molecule has 0 radical (unpaired) electrons. The highest BCUT2D eigenvalue weighted by Gasteiger charge is 2.21. The Hall–Kier alpha value is -3.28. The van der Waals surface area contributed by atoms with Crippen LogP contribution in [0.3, 0.4) is 0 Å². The van der Waals surface area contributed by atoms with Gasteiger partial charge >= 0.3 is 0 Å². The summed E-state index contributed by atoms with van der Waals surface area (Å²) >= 11 is 0. The molecule has 1 aliphatic heterocycles. The van der Waals surface area contributed by atoms with Crippen molar-refractivity contribution in [3.05, 3.63) is 83.7 Å². The van der Waals surface area contributed by atoms with Crippen LogP contribution >= 0.6 is 0 Å². The van der Waals surface area contributed by atoms with Crippen molar-refractivity contribution < 1.29 is 13.6 Å². The molecule has 0 fully saturated rings. The maximum atomic E-state index is 13.7. The molecule has 0 atom stereocenters. The summed E-state index contributed by atoms with van der Waals surface area (Å²) in [6.45, 7) is 0.786. The van der Waals surface area contributed by atoms with Gasteiger partial charge < -0.3 is 10.2 Å². The summed E-state index contributed by atoms with van der Waals surface area (Å²) in [6, 6.07) is 13.1. The number of para-hydroxylation sites is 2. The molecule has 2 aromatic carbocycles. The van der Waals surface area contributed by atoms with Crippen LogP contribution in [0.4, 0.5) is 25.8 Å². The van der Waals surface area contributed by atoms with Crippen molar-refractivity contribution in [1.82, 2.24) is 4.98 Å². The lowest BCUT2D eigenvalue weighted by atomic mass is 10.2. The largest absolute Gasteiger partial charge is 0.340 e. The first kappa shape index (κ1) is 16.2. The molecule has 1 N–H and O–H groups in total. The number of anilines is 3. The first-order valence-electron chi connectivity index (χ1n) is 8.19. The van der Waals surface area contributed by atoms with E-state index in [-0.39, 0.29) is 5.56 Å². The van der Waals surface area contributed by atoms with E-state index in [1.807, 2.05) is 18.2 Å². The second kappa shape index (κ2) is 6.55. The van der Waals surface area contributed by atoms with E-state index in [1.165, 1.54) is 17.8 Å². The van der Waals surface area contributed by atoms with E-state index < -0.39 is 23.2 Å². The summed E-state index contributed by atoms with van der Waals surface area (Å²) in [5, 5.41) is 2.28. The summed E-state index contributed by atoms with van der Waals surface area (Å²) in [5.41, 5.74) is 2.84. The van der Waals surface area contributed by atoms with E-state index in [0.717, 1.165) is 36.5 Å². The number of fused-ring (bicyclic) bond motifs is 1. The van der Waals surface area contributed by atoms with Gasteiger partial charge in [-0.2, -0.15) is 0 Å². The lowest BCUT2D eigenvalue weighted by Gasteiger charge is -2.19. The number of hydrogen-bond donors (Lipinski definition) is 1. The Labute approximate surface area is 149 Å². The minimum Gasteiger partial charge on any atom is -0.340 e. The zero-order valence-electron chi connectivity index (χ0n) is 13.7. The van der Waals surface area contributed by atoms with Gasteiger partial charge in [0, 0.05) is 18.4 Å². The number of nitrogens with zero attached hydrogens (tertiary/aromatic N) is 2. The van der Waals surface area contributed by atoms with Crippen molar-refractivity contribution in [2.24, 2.45) is 0 Å². The number of pyridine rings is 1. The molecule has 1 aliphatic rings. The molecule has 0 saturated heterocycles. The standard InChI is InChI=1S/C20H15F2N3O/c21-16-5-3-6-17(22)19(16)24-20(26)14-10-15(12-23-11-14)25-9-8-13-4-1-2-7-18(13)25/h1-7,10-12H,8-9H2,(H,24,26). The molecule has 0 saturated carbocycles. The molecule has 2 heterocycles. The van der Waals surface area contributed by atoms with Gasteiger partial charge in [-0.1, -0.05) is 24.3 Å². The molecule has 130 valence electrons. The molecule has 1 aromatic heterocycles. The van der Waals surface area contributed by atoms with Crippen LogP contribution in [-0.4, -0.2) is 17.4 Å². The van der Waals surface area contributed by atoms with E-state index in [9.17, 15) is 13.6 Å². The minimum atomic E-state index is -0.823. The van der Waals surface area contributed by atoms with Crippen LogP contribution < -0.4 is 10.2 Å². The van der Waals surface area contributed by atoms with Crippen LogP contribution in [0.2, 0.25) is 0 Å². The lowest BCUT2D eigenvalue weighted by Crippen LogP contribution is -2.17. The fourth-order valence-electron chi connectivity index (χ4n) is 3.11. The maximum absolute atomic E-state index is 13.7. The predicted octanol–water partition coefficient (Wildman–Crippen LogP) is 4.31. The van der Waals surface area contributed by atoms with Crippen molar-refractivity contribution in [2.45, 2.75) is 6.42 Å². The number of nitrogens with one attached hydrogen (secondary N) is 1. The molecular weight excluding hydrogens is 336 g/mol. The molecule has 1 amide bonds. The second-order valence-corrected chi connectivity index (χ2v) is 6.01. The van der Waals surface area contributed by atoms with E-state index in [4.69, 9.17) is 0 Å². The highest BCUT2D eigenvalue weighted by atomic mass is 19.1. The highest BCUT2D eigenvalue weighted by molar-refractivity contribution is 6.04. The van der Waals surface area contributed by atoms with Crippen LogP contribution in [0.15, 0.2) is 60.9 Å². The smallest absolute Gasteiger partial charge is 0.257 e. The first-order valence-corrected chi connectivity index (χ1v) is 8.19. The van der Waals surface area contributed by atoms with E-state index in [0.29, 0.717) is 0 Å². The van der Waals surface area contributed by atoms with Crippen molar-refractivity contribution >= 4 is 23.0 Å². The zero-order valence-corrected chi connectivity index (χ0v) is 13.7. The molecule has 6 heteroatoms. The van der Waals surface area contributed by atoms with Crippen LogP contribution in [0.25, 0.3) is 0 Å². The summed E-state index contributed by atoms with van der Waals surface area (Å²) < 4.78 is 27.5. The average Bonchev–Trinajstić information content (AvgIpc) is 3.09. The van der Waals surface area contributed by atoms with Gasteiger partial charge in [0.15, 0.2) is 0 Å². The topological polar surface area (TPSA) is 45.2 Å². The van der Waals surface area contributed by atoms with E-state index in [1.54, 1.807) is 12.3 Å². The quantitative estimate of drug-likeness (QED) is 0.765. The van der Waals surface area contributed by atoms with Gasteiger partial charge in [0.05, 0.1) is 17.4 Å². The fourth-order valence-corrected chi connectivity index (χ4v) is 3.11. The van der Waals surface area contributed by atoms with E-state index in [2.05, 4.69) is 21.3 Å². The van der Waals surface area contributed by atoms with Crippen molar-refractivity contribution in [3.8, 4) is 0 Å². The molecule has 0 unspecified atom stereocenters. The minimum absolute atomic E-state index is 0.231. The molecule has 0 aliphatic carbocycles. The maximum Gasteiger partial charge on any atom is 0.257 e. The summed E-state index contributed by atoms with van der Waals surface area (Å²) in [7, 11) is 0. The van der Waals surface area contributed by atoms with Crippen LogP contribution in [0, 0.1) is 11.6 Å². The number of amides is 1. The molecule has 4 rings (SSSR count). The number of benzene rings is 2. The Morgan fingerprint density at radius 3 is 2.62 bits per heavy atom. The molecular formula is C20H15F2N3O. The number of hydrogen-bond acceptors (Lipinski definition) is 3. The third kappa shape index (κ3) is 2.90. The Morgan fingerprint density at radius 1 is 1.04 bits per heavy atom. The number of halogens is 2. The summed E-state index contributed by atoms with van der Waals surface area (Å²) in [4.78, 5) is 18.6. The number of carbonyl (C=O) groups excluding carboxylic acids is 1. The lowest BCUT2D eigenvalue weighted by molar-refractivity contribution is 0.102. The zero-order chi connectivity index (χ0) is 18.1. The van der Waals surface area contributed by atoms with Gasteiger partial charge in [-0.15, -0.1) is 0 Å². The third-order valence-electron chi connectivity index (χ3n) is 4.39. The Morgan fingerprint density at radius 2 is 1.81 bits per heavy atom. The van der Waals surface area contributed by atoms with Crippen LogP contribution in [0.1, 0.15) is 15.9 Å². The molecule has 4 nitrogen and oxygen atoms in total. The highest BCUT2D eigenvalue weighted by Crippen LogP contribution is 2.34. The van der Waals surface area contributed by atoms with Crippen molar-refractivity contribution in [2.75, 3.05) is 16.8 Å². The van der Waals surface area contributed by atoms with Crippen LogP contribution in [-0.2, 0) is 6.42 Å². The van der Waals surface area contributed by atoms with Gasteiger partial charge in [-0.3, -0.25) is 9.78 Å². The van der Waals surface area contributed by atoms with Gasteiger partial charge in [0.2, 0.25) is 0 Å². The predicted molar refractivity (Wildman–Crippen MR) is 95.7 cm³/mol. The van der Waals surface area contributed by atoms with Gasteiger partial charge in [-0.05, 0) is 36.2 Å². The number of aromatic nitrogens is 1. The van der Waals surface area contributed by atoms with Crippen molar-refractivity contribution in [3.63, 3.8) is 0 Å². The normalized spacial score (nSPS) is 12.8. The summed E-state index contributed by atoms with van der Waals surface area (Å²) in [6.07, 6.45) is 3.95. The SMILES string of the molecule is O=C(Nc1c(F)cccc1F)c1cncc(N2CCc3ccccc32)c1. The second-order valence-electron chi connectivity index (χ2n) is 6.01. The fraction of sp³-hybridized carbons (Fsp3) is 0.100. The van der Waals surface area contributed by atoms with E-state index >= 15 is 0 Å². The van der Waals surface area contributed by atoms with Crippen molar-refractivity contribution in [1.29, 1.82) is 0 Å². The monoisotopic (exact) mass is 351 g/mol. The Kier molecular flexibility index (Phi) is 4.08. The molecule has 0 bridgehead atoms. The van der Waals surface area contributed by atoms with Gasteiger partial charge in [0.25, 0.3) is 5.91 Å². The van der Waals surface area contributed by atoms with Crippen LogP contribution in [0.5, 0.6) is 0 Å². The number of rotatable bonds is 3. The molecule has 26 heavy (non-hydrogen) atoms. The number of carbonyl (C=O) groups is 1. The van der Waals surface area contributed by atoms with Gasteiger partial charge in [-0.25, -0.2) is 8.78 Å². The molecule has 0 spiro atoms. The Balaban J connectivity index is 1.61. The third-order valence-corrected chi connectivity index (χ3v) is 4.39. The van der Waals surface area contributed by atoms with Gasteiger partial charge in [0.1, 0.15) is 17.3 Å². The average molecular weight is 351 g/mol. The first-order chi connectivity index (χ1) is 12.6. The summed E-state index contributed by atoms with van der Waals surface area (Å²) in [5.74, 6) is -2.26. The Bertz CT molecular complexity index is 970. The molecule has 3 aromatic rings.